The first-order chi connectivity index (χ1) is 9.45. The second-order valence-electron chi connectivity index (χ2n) is 5.37. The van der Waals surface area contributed by atoms with Crippen LogP contribution in [-0.4, -0.2) is 0 Å². The van der Waals surface area contributed by atoms with Crippen molar-refractivity contribution in [2.45, 2.75) is 5.92 Å². The number of fused-ring (bicyclic) bond motifs is 5. The van der Waals surface area contributed by atoms with Crippen molar-refractivity contribution in [3.8, 4) is 11.1 Å². The summed E-state index contributed by atoms with van der Waals surface area (Å²) >= 11 is 0. The van der Waals surface area contributed by atoms with Crippen LogP contribution in [0, 0.1) is 0 Å². The lowest BCUT2D eigenvalue weighted by molar-refractivity contribution is 1.05. The van der Waals surface area contributed by atoms with Crippen molar-refractivity contribution in [1.82, 2.24) is 0 Å². The fourth-order valence-electron chi connectivity index (χ4n) is 3.76. The lowest BCUT2D eigenvalue weighted by atomic mass is 9.89. The highest BCUT2D eigenvalue weighted by Crippen LogP contribution is 2.56. The molecule has 0 N–H and O–H groups in total. The minimum absolute atomic E-state index is 0.461. The van der Waals surface area contributed by atoms with Crippen molar-refractivity contribution >= 4 is 5.57 Å². The summed E-state index contributed by atoms with van der Waals surface area (Å²) in [5.74, 6) is 0.461. The van der Waals surface area contributed by atoms with Crippen LogP contribution >= 0.6 is 0 Å². The summed E-state index contributed by atoms with van der Waals surface area (Å²) in [5, 5.41) is 0. The number of rotatable bonds is 0. The molecule has 0 heterocycles. The van der Waals surface area contributed by atoms with E-state index in [4.69, 9.17) is 0 Å². The van der Waals surface area contributed by atoms with Gasteiger partial charge in [0.25, 0.3) is 0 Å². The average molecular weight is 240 g/mol. The molecular weight excluding hydrogens is 228 g/mol. The van der Waals surface area contributed by atoms with Crippen molar-refractivity contribution in [2.24, 2.45) is 0 Å². The van der Waals surface area contributed by atoms with Gasteiger partial charge < -0.3 is 0 Å². The molecule has 1 unspecified atom stereocenters. The third-order valence-electron chi connectivity index (χ3n) is 4.48. The Labute approximate surface area is 112 Å². The van der Waals surface area contributed by atoms with Crippen molar-refractivity contribution in [2.75, 3.05) is 0 Å². The molecular formula is C19H12. The van der Waals surface area contributed by atoms with Crippen LogP contribution in [0.15, 0.2) is 72.3 Å². The van der Waals surface area contributed by atoms with Crippen LogP contribution in [0.5, 0.6) is 0 Å². The monoisotopic (exact) mass is 240 g/mol. The molecule has 2 aromatic rings. The molecule has 88 valence electrons. The molecule has 0 aliphatic heterocycles. The normalized spacial score (nSPS) is 20.5. The number of benzene rings is 2. The molecule has 2 aromatic carbocycles. The predicted octanol–water partition coefficient (Wildman–Crippen LogP) is 4.69. The predicted molar refractivity (Wildman–Crippen MR) is 78.9 cm³/mol. The highest BCUT2D eigenvalue weighted by Gasteiger charge is 2.36. The van der Waals surface area contributed by atoms with Crippen molar-refractivity contribution in [3.63, 3.8) is 0 Å². The van der Waals surface area contributed by atoms with Gasteiger partial charge in [0.15, 0.2) is 0 Å². The fraction of sp³-hybridized carbons (Fsp3) is 0.0526. The molecule has 0 saturated carbocycles. The molecule has 3 aliphatic carbocycles. The van der Waals surface area contributed by atoms with Crippen LogP contribution in [0.3, 0.4) is 0 Å². The summed E-state index contributed by atoms with van der Waals surface area (Å²) in [4.78, 5) is 0. The minimum Gasteiger partial charge on any atom is -0.0726 e. The summed E-state index contributed by atoms with van der Waals surface area (Å²) in [6.07, 6.45) is 8.93. The molecule has 0 bridgehead atoms. The summed E-state index contributed by atoms with van der Waals surface area (Å²) < 4.78 is 0. The third-order valence-corrected chi connectivity index (χ3v) is 4.48. The smallest absolute Gasteiger partial charge is 0.0285 e. The van der Waals surface area contributed by atoms with Gasteiger partial charge in [-0.3, -0.25) is 0 Å². The standard InChI is InChI=1S/C19H12/c1-3-8-14-12(6-1)16-10-5-11-17-13-7-2-4-9-15(13)18(14)19(16)17/h1-12H. The van der Waals surface area contributed by atoms with Gasteiger partial charge in [-0.05, 0) is 39.0 Å². The molecule has 0 spiro atoms. The summed E-state index contributed by atoms with van der Waals surface area (Å²) in [6, 6.07) is 15.5. The molecule has 0 aromatic heterocycles. The summed E-state index contributed by atoms with van der Waals surface area (Å²) in [6.45, 7) is 0. The van der Waals surface area contributed by atoms with Crippen molar-refractivity contribution in [3.05, 3.63) is 89.0 Å². The SMILES string of the molecule is C1=CC2=C3c4ccccc4-c4cccc(c43)C2C=C1. The maximum atomic E-state index is 2.32. The number of allylic oxidation sites excluding steroid dienone is 5. The van der Waals surface area contributed by atoms with Crippen molar-refractivity contribution < 1.29 is 0 Å². The Bertz CT molecular complexity index is 816. The molecule has 19 heavy (non-hydrogen) atoms. The van der Waals surface area contributed by atoms with Gasteiger partial charge in [-0.1, -0.05) is 66.8 Å². The van der Waals surface area contributed by atoms with Crippen LogP contribution in [0.25, 0.3) is 16.7 Å². The van der Waals surface area contributed by atoms with Gasteiger partial charge in [-0.2, -0.15) is 0 Å². The lowest BCUT2D eigenvalue weighted by Gasteiger charge is -2.14. The highest BCUT2D eigenvalue weighted by atomic mass is 14.4. The topological polar surface area (TPSA) is 0 Å². The molecule has 3 aliphatic rings. The molecule has 0 saturated heterocycles. The molecule has 5 rings (SSSR count). The van der Waals surface area contributed by atoms with Gasteiger partial charge in [0, 0.05) is 5.92 Å². The Balaban J connectivity index is 1.99. The Morgan fingerprint density at radius 2 is 1.58 bits per heavy atom. The van der Waals surface area contributed by atoms with Crippen LogP contribution in [-0.2, 0) is 0 Å². The fourth-order valence-corrected chi connectivity index (χ4v) is 3.76. The summed E-state index contributed by atoms with van der Waals surface area (Å²) in [7, 11) is 0. The first-order valence-electron chi connectivity index (χ1n) is 6.77. The first kappa shape index (κ1) is 9.57. The quantitative estimate of drug-likeness (QED) is 0.534. The van der Waals surface area contributed by atoms with E-state index in [1.54, 1.807) is 0 Å². The van der Waals surface area contributed by atoms with E-state index in [2.05, 4.69) is 66.8 Å². The van der Waals surface area contributed by atoms with Crippen LogP contribution in [0.4, 0.5) is 0 Å². The molecule has 0 fully saturated rings. The second-order valence-corrected chi connectivity index (χ2v) is 5.37. The van der Waals surface area contributed by atoms with Gasteiger partial charge in [-0.15, -0.1) is 0 Å². The van der Waals surface area contributed by atoms with Crippen molar-refractivity contribution in [1.29, 1.82) is 0 Å². The molecule has 1 atom stereocenters. The van der Waals surface area contributed by atoms with E-state index in [1.807, 2.05) is 0 Å². The summed E-state index contributed by atoms with van der Waals surface area (Å²) in [5.41, 5.74) is 10.1. The first-order valence-corrected chi connectivity index (χ1v) is 6.77. The van der Waals surface area contributed by atoms with E-state index >= 15 is 0 Å². The van der Waals surface area contributed by atoms with Gasteiger partial charge in [0.1, 0.15) is 0 Å². The van der Waals surface area contributed by atoms with Crippen LogP contribution in [0.2, 0.25) is 0 Å². The third kappa shape index (κ3) is 1.01. The zero-order chi connectivity index (χ0) is 12.4. The minimum atomic E-state index is 0.461. The van der Waals surface area contributed by atoms with Crippen LogP contribution in [0.1, 0.15) is 22.6 Å². The zero-order valence-corrected chi connectivity index (χ0v) is 10.4. The largest absolute Gasteiger partial charge is 0.0726 e. The molecule has 0 radical (unpaired) electrons. The van der Waals surface area contributed by atoms with E-state index in [0.717, 1.165) is 0 Å². The maximum absolute atomic E-state index is 2.32. The van der Waals surface area contributed by atoms with E-state index in [1.165, 1.54) is 39.0 Å². The second kappa shape index (κ2) is 3.16. The molecule has 0 heteroatoms. The number of hydrogen-bond acceptors (Lipinski definition) is 0. The molecule has 0 nitrogen and oxygen atoms in total. The highest BCUT2D eigenvalue weighted by molar-refractivity contribution is 6.07. The Kier molecular flexibility index (Phi) is 1.59. The van der Waals surface area contributed by atoms with Gasteiger partial charge in [0.05, 0.1) is 0 Å². The maximum Gasteiger partial charge on any atom is 0.0285 e. The van der Waals surface area contributed by atoms with Crippen LogP contribution < -0.4 is 0 Å². The molecule has 0 amide bonds. The van der Waals surface area contributed by atoms with Gasteiger partial charge in [0.2, 0.25) is 0 Å². The van der Waals surface area contributed by atoms with E-state index in [9.17, 15) is 0 Å². The van der Waals surface area contributed by atoms with E-state index in [0.29, 0.717) is 5.92 Å². The number of hydrogen-bond donors (Lipinski definition) is 0. The lowest BCUT2D eigenvalue weighted by Crippen LogP contribution is -1.97. The average Bonchev–Trinajstić information content (AvgIpc) is 2.99. The van der Waals surface area contributed by atoms with E-state index < -0.39 is 0 Å². The van der Waals surface area contributed by atoms with Gasteiger partial charge in [-0.25, -0.2) is 0 Å². The van der Waals surface area contributed by atoms with E-state index in [-0.39, 0.29) is 0 Å². The van der Waals surface area contributed by atoms with Gasteiger partial charge >= 0.3 is 0 Å². The Morgan fingerprint density at radius 3 is 2.53 bits per heavy atom. The Morgan fingerprint density at radius 1 is 0.737 bits per heavy atom. The zero-order valence-electron chi connectivity index (χ0n) is 10.4. The Hall–Kier alpha value is -2.34.